The van der Waals surface area contributed by atoms with Crippen LogP contribution in [-0.4, -0.2) is 33.5 Å². The van der Waals surface area contributed by atoms with E-state index in [0.717, 1.165) is 43.4 Å². The molecule has 1 amide bonds. The molecule has 0 unspecified atom stereocenters. The van der Waals surface area contributed by atoms with Crippen LogP contribution in [0.2, 0.25) is 0 Å². The fourth-order valence-electron chi connectivity index (χ4n) is 3.54. The lowest BCUT2D eigenvalue weighted by Gasteiger charge is -2.30. The summed E-state index contributed by atoms with van der Waals surface area (Å²) in [5.41, 5.74) is 1.80. The van der Waals surface area contributed by atoms with Crippen molar-refractivity contribution in [1.82, 2.24) is 20.3 Å². The van der Waals surface area contributed by atoms with Gasteiger partial charge in [0.1, 0.15) is 0 Å². The summed E-state index contributed by atoms with van der Waals surface area (Å²) >= 11 is 0. The molecule has 0 spiro atoms. The van der Waals surface area contributed by atoms with Gasteiger partial charge in [-0.05, 0) is 25.7 Å². The number of hydrogen-bond donors (Lipinski definition) is 1. The number of fused-ring (bicyclic) bond motifs is 1. The molecule has 2 aliphatic rings. The Labute approximate surface area is 144 Å². The molecule has 25 heavy (non-hydrogen) atoms. The van der Waals surface area contributed by atoms with Crippen molar-refractivity contribution in [2.75, 3.05) is 6.61 Å². The third-order valence-electron chi connectivity index (χ3n) is 4.90. The van der Waals surface area contributed by atoms with Crippen molar-refractivity contribution >= 4 is 5.91 Å². The lowest BCUT2D eigenvalue weighted by molar-refractivity contribution is 0.0883. The first kappa shape index (κ1) is 16.0. The molecule has 1 fully saturated rings. The van der Waals surface area contributed by atoms with E-state index in [1.807, 2.05) is 0 Å². The van der Waals surface area contributed by atoms with Crippen molar-refractivity contribution in [3.8, 4) is 0 Å². The maximum Gasteiger partial charge on any atom is 0.290 e. The lowest BCUT2D eigenvalue weighted by Crippen LogP contribution is -2.40. The van der Waals surface area contributed by atoms with Crippen LogP contribution in [0.3, 0.4) is 0 Å². The van der Waals surface area contributed by atoms with Crippen LogP contribution in [0.15, 0.2) is 27.6 Å². The van der Waals surface area contributed by atoms with E-state index in [1.165, 1.54) is 6.20 Å². The minimum atomic E-state index is -0.245. The molecule has 0 atom stereocenters. The van der Waals surface area contributed by atoms with Gasteiger partial charge in [0.2, 0.25) is 5.76 Å². The van der Waals surface area contributed by atoms with Gasteiger partial charge in [0, 0.05) is 30.2 Å². The maximum absolute atomic E-state index is 12.4. The molecule has 0 aromatic carbocycles. The third kappa shape index (κ3) is 3.34. The molecule has 1 aliphatic carbocycles. The largest absolute Gasteiger partial charge is 0.376 e. The minimum absolute atomic E-state index is 0.0709. The second-order valence-corrected chi connectivity index (χ2v) is 6.56. The van der Waals surface area contributed by atoms with Gasteiger partial charge in [0.15, 0.2) is 0 Å². The van der Waals surface area contributed by atoms with E-state index in [-0.39, 0.29) is 29.3 Å². The van der Waals surface area contributed by atoms with Crippen molar-refractivity contribution in [3.63, 3.8) is 0 Å². The molecule has 0 saturated heterocycles. The highest BCUT2D eigenvalue weighted by atomic mass is 16.5. The zero-order chi connectivity index (χ0) is 17.2. The van der Waals surface area contributed by atoms with Gasteiger partial charge in [-0.15, -0.1) is 0 Å². The summed E-state index contributed by atoms with van der Waals surface area (Å²) in [6.45, 7) is 1.12. The number of carbonyl (C=O) groups excluding carboxylic acids is 1. The van der Waals surface area contributed by atoms with Gasteiger partial charge in [-0.1, -0.05) is 5.16 Å². The molecule has 4 rings (SSSR count). The fraction of sp³-hybridized carbons (Fsp3) is 0.529. The first-order chi connectivity index (χ1) is 12.2. The van der Waals surface area contributed by atoms with E-state index in [1.54, 1.807) is 16.8 Å². The number of nitrogens with one attached hydrogen (secondary N) is 1. The standard InChI is InChI=1S/C17H20N4O4/c22-16-9-11-10-24-8-6-14(11)20-21(16)13-3-1-12(2-4-13)19-17(23)15-5-7-18-25-15/h5,7,9,12-13H,1-4,6,8,10H2,(H,19,23). The van der Waals surface area contributed by atoms with Crippen molar-refractivity contribution in [1.29, 1.82) is 0 Å². The minimum Gasteiger partial charge on any atom is -0.376 e. The Balaban J connectivity index is 1.40. The van der Waals surface area contributed by atoms with E-state index in [2.05, 4.69) is 15.6 Å². The Morgan fingerprint density at radius 1 is 1.28 bits per heavy atom. The summed E-state index contributed by atoms with van der Waals surface area (Å²) in [7, 11) is 0. The molecule has 2 aromatic rings. The van der Waals surface area contributed by atoms with Crippen LogP contribution in [0.1, 0.15) is 53.5 Å². The van der Waals surface area contributed by atoms with Crippen molar-refractivity contribution in [2.45, 2.75) is 50.8 Å². The predicted octanol–water partition coefficient (Wildman–Crippen LogP) is 1.22. The Morgan fingerprint density at radius 2 is 2.12 bits per heavy atom. The van der Waals surface area contributed by atoms with Crippen LogP contribution in [0, 0.1) is 0 Å². The summed E-state index contributed by atoms with van der Waals surface area (Å²) < 4.78 is 11.9. The molecular weight excluding hydrogens is 324 g/mol. The normalized spacial score (nSPS) is 23.0. The smallest absolute Gasteiger partial charge is 0.290 e. The van der Waals surface area contributed by atoms with E-state index in [4.69, 9.17) is 9.26 Å². The average molecular weight is 344 g/mol. The first-order valence-electron chi connectivity index (χ1n) is 8.61. The zero-order valence-electron chi connectivity index (χ0n) is 13.8. The van der Waals surface area contributed by atoms with Crippen molar-refractivity contribution in [2.24, 2.45) is 0 Å². The number of rotatable bonds is 3. The summed E-state index contributed by atoms with van der Waals surface area (Å²) in [6, 6.07) is 3.36. The monoisotopic (exact) mass is 344 g/mol. The Bertz CT molecular complexity index is 807. The molecule has 1 saturated carbocycles. The van der Waals surface area contributed by atoms with Gasteiger partial charge in [-0.3, -0.25) is 9.59 Å². The molecule has 1 aliphatic heterocycles. The topological polar surface area (TPSA) is 99.2 Å². The average Bonchev–Trinajstić information content (AvgIpc) is 3.17. The van der Waals surface area contributed by atoms with Crippen LogP contribution >= 0.6 is 0 Å². The number of carbonyl (C=O) groups is 1. The van der Waals surface area contributed by atoms with Crippen LogP contribution in [0.25, 0.3) is 0 Å². The molecule has 132 valence electrons. The quantitative estimate of drug-likeness (QED) is 0.899. The van der Waals surface area contributed by atoms with Crippen LogP contribution in [0.4, 0.5) is 0 Å². The highest BCUT2D eigenvalue weighted by Gasteiger charge is 2.26. The van der Waals surface area contributed by atoms with Crippen molar-refractivity contribution < 1.29 is 14.1 Å². The van der Waals surface area contributed by atoms with E-state index in [0.29, 0.717) is 13.2 Å². The molecule has 1 N–H and O–H groups in total. The molecule has 3 heterocycles. The fourth-order valence-corrected chi connectivity index (χ4v) is 3.54. The van der Waals surface area contributed by atoms with Crippen molar-refractivity contribution in [3.05, 3.63) is 45.7 Å². The summed E-state index contributed by atoms with van der Waals surface area (Å²) in [4.78, 5) is 24.4. The highest BCUT2D eigenvalue weighted by Crippen LogP contribution is 2.27. The van der Waals surface area contributed by atoms with E-state index < -0.39 is 0 Å². The molecular formula is C17H20N4O4. The van der Waals surface area contributed by atoms with Gasteiger partial charge in [0.25, 0.3) is 11.5 Å². The van der Waals surface area contributed by atoms with Gasteiger partial charge >= 0.3 is 0 Å². The van der Waals surface area contributed by atoms with Crippen LogP contribution < -0.4 is 10.9 Å². The molecule has 0 bridgehead atoms. The van der Waals surface area contributed by atoms with E-state index in [9.17, 15) is 9.59 Å². The third-order valence-corrected chi connectivity index (χ3v) is 4.90. The summed E-state index contributed by atoms with van der Waals surface area (Å²) in [6.07, 6.45) is 5.42. The Hall–Kier alpha value is -2.48. The lowest BCUT2D eigenvalue weighted by atomic mass is 9.91. The van der Waals surface area contributed by atoms with Gasteiger partial charge in [-0.25, -0.2) is 4.68 Å². The Morgan fingerprint density at radius 3 is 2.88 bits per heavy atom. The SMILES string of the molecule is O=C(NC1CCC(n2nc3c(cc2=O)COCC3)CC1)c1ccno1. The van der Waals surface area contributed by atoms with E-state index >= 15 is 0 Å². The number of nitrogens with zero attached hydrogens (tertiary/aromatic N) is 3. The van der Waals surface area contributed by atoms with Crippen LogP contribution in [-0.2, 0) is 17.8 Å². The maximum atomic E-state index is 12.4. The van der Waals surface area contributed by atoms with Gasteiger partial charge in [0.05, 0.1) is 31.1 Å². The second kappa shape index (κ2) is 6.79. The number of hydrogen-bond acceptors (Lipinski definition) is 6. The summed E-state index contributed by atoms with van der Waals surface area (Å²) in [5, 5.41) is 11.1. The Kier molecular flexibility index (Phi) is 4.35. The molecule has 8 nitrogen and oxygen atoms in total. The second-order valence-electron chi connectivity index (χ2n) is 6.56. The summed E-state index contributed by atoms with van der Waals surface area (Å²) in [5.74, 6) is -0.0260. The number of amides is 1. The predicted molar refractivity (Wildman–Crippen MR) is 87.1 cm³/mol. The number of aromatic nitrogens is 3. The molecule has 8 heteroatoms. The molecule has 2 aromatic heterocycles. The zero-order valence-corrected chi connectivity index (χ0v) is 13.8. The highest BCUT2D eigenvalue weighted by molar-refractivity contribution is 5.91. The first-order valence-corrected chi connectivity index (χ1v) is 8.61. The van der Waals surface area contributed by atoms with Gasteiger partial charge < -0.3 is 14.6 Å². The number of ether oxygens (including phenoxy) is 1. The van der Waals surface area contributed by atoms with Gasteiger partial charge in [-0.2, -0.15) is 5.10 Å². The molecule has 0 radical (unpaired) electrons. The van der Waals surface area contributed by atoms with Crippen LogP contribution in [0.5, 0.6) is 0 Å².